The first-order valence-electron chi connectivity index (χ1n) is 7.91. The van der Waals surface area contributed by atoms with Crippen LogP contribution in [0.5, 0.6) is 0 Å². The zero-order chi connectivity index (χ0) is 13.5. The average molecular weight is 255 g/mol. The Morgan fingerprint density at radius 1 is 1.11 bits per heavy atom. The lowest BCUT2D eigenvalue weighted by molar-refractivity contribution is -0.0149. The molecule has 0 radical (unpaired) electrons. The molecule has 4 unspecified atom stereocenters. The third-order valence-corrected chi connectivity index (χ3v) is 4.44. The molecule has 0 amide bonds. The smallest absolute Gasteiger partial charge is 0.0625 e. The van der Waals surface area contributed by atoms with Crippen LogP contribution in [0.2, 0.25) is 0 Å². The molecule has 0 heterocycles. The predicted molar refractivity (Wildman–Crippen MR) is 78.8 cm³/mol. The van der Waals surface area contributed by atoms with Gasteiger partial charge in [-0.05, 0) is 43.6 Å². The summed E-state index contributed by atoms with van der Waals surface area (Å²) in [5, 5.41) is 3.57. The molecule has 1 rings (SSSR count). The number of likely N-dealkylation sites (N-methyl/N-ethyl adjacent to an activating group) is 1. The summed E-state index contributed by atoms with van der Waals surface area (Å²) < 4.78 is 6.20. The zero-order valence-corrected chi connectivity index (χ0v) is 13.0. The number of nitrogens with one attached hydrogen (secondary N) is 1. The summed E-state index contributed by atoms with van der Waals surface area (Å²) in [6.07, 6.45) is 5.60. The monoisotopic (exact) mass is 255 g/mol. The number of rotatable bonds is 7. The molecule has 4 atom stereocenters. The average Bonchev–Trinajstić information content (AvgIpc) is 2.32. The van der Waals surface area contributed by atoms with E-state index in [1.807, 2.05) is 0 Å². The van der Waals surface area contributed by atoms with Crippen molar-refractivity contribution in [1.82, 2.24) is 5.32 Å². The van der Waals surface area contributed by atoms with Crippen molar-refractivity contribution in [2.24, 2.45) is 17.8 Å². The Labute approximate surface area is 114 Å². The number of ether oxygens (including phenoxy) is 1. The maximum Gasteiger partial charge on any atom is 0.0625 e. The Bertz CT molecular complexity index is 209. The van der Waals surface area contributed by atoms with Crippen LogP contribution in [0.1, 0.15) is 60.3 Å². The quantitative estimate of drug-likeness (QED) is 0.746. The molecule has 108 valence electrons. The van der Waals surface area contributed by atoms with Crippen LogP contribution < -0.4 is 5.32 Å². The molecule has 0 aromatic rings. The van der Waals surface area contributed by atoms with E-state index in [2.05, 4.69) is 39.9 Å². The Hall–Kier alpha value is -0.0800. The third-order valence-electron chi connectivity index (χ3n) is 4.44. The first-order chi connectivity index (χ1) is 8.56. The fraction of sp³-hybridized carbons (Fsp3) is 1.00. The molecule has 1 fully saturated rings. The van der Waals surface area contributed by atoms with Crippen LogP contribution in [0.3, 0.4) is 0 Å². The standard InChI is InChI=1S/C16H33NO/c1-6-14(5)16(17-7-2)11-18-15-9-12(3)8-13(4)10-15/h12-17H,6-11H2,1-5H3. The maximum absolute atomic E-state index is 6.20. The fourth-order valence-corrected chi connectivity index (χ4v) is 3.22. The molecule has 0 aliphatic heterocycles. The highest BCUT2D eigenvalue weighted by Crippen LogP contribution is 2.30. The van der Waals surface area contributed by atoms with Gasteiger partial charge in [-0.15, -0.1) is 0 Å². The van der Waals surface area contributed by atoms with Crippen LogP contribution in [0.4, 0.5) is 0 Å². The minimum absolute atomic E-state index is 0.494. The molecule has 0 aromatic carbocycles. The van der Waals surface area contributed by atoms with E-state index in [0.717, 1.165) is 25.0 Å². The van der Waals surface area contributed by atoms with E-state index in [4.69, 9.17) is 4.74 Å². The first kappa shape index (κ1) is 16.0. The van der Waals surface area contributed by atoms with Crippen molar-refractivity contribution in [1.29, 1.82) is 0 Å². The second-order valence-electron chi connectivity index (χ2n) is 6.42. The summed E-state index contributed by atoms with van der Waals surface area (Å²) >= 11 is 0. The van der Waals surface area contributed by atoms with E-state index in [1.54, 1.807) is 0 Å². The van der Waals surface area contributed by atoms with Crippen LogP contribution in [0.15, 0.2) is 0 Å². The van der Waals surface area contributed by atoms with E-state index in [9.17, 15) is 0 Å². The van der Waals surface area contributed by atoms with E-state index < -0.39 is 0 Å². The highest BCUT2D eigenvalue weighted by Gasteiger charge is 2.25. The topological polar surface area (TPSA) is 21.3 Å². The van der Waals surface area contributed by atoms with Crippen LogP contribution in [0, 0.1) is 17.8 Å². The molecule has 1 aliphatic carbocycles. The second-order valence-corrected chi connectivity index (χ2v) is 6.42. The number of hydrogen-bond acceptors (Lipinski definition) is 2. The normalized spacial score (nSPS) is 32.2. The minimum Gasteiger partial charge on any atom is -0.377 e. The molecular weight excluding hydrogens is 222 g/mol. The molecule has 2 heteroatoms. The summed E-state index contributed by atoms with van der Waals surface area (Å²) in [5.74, 6) is 2.36. The van der Waals surface area contributed by atoms with Crippen LogP contribution in [-0.4, -0.2) is 25.3 Å². The Kier molecular flexibility index (Phi) is 7.25. The Morgan fingerprint density at radius 2 is 1.72 bits per heavy atom. The van der Waals surface area contributed by atoms with Crippen LogP contribution in [-0.2, 0) is 4.74 Å². The zero-order valence-electron chi connectivity index (χ0n) is 13.0. The Balaban J connectivity index is 2.36. The van der Waals surface area contributed by atoms with E-state index in [-0.39, 0.29) is 0 Å². The lowest BCUT2D eigenvalue weighted by Gasteiger charge is -2.33. The molecule has 0 saturated heterocycles. The van der Waals surface area contributed by atoms with E-state index in [1.165, 1.54) is 25.7 Å². The van der Waals surface area contributed by atoms with Gasteiger partial charge < -0.3 is 10.1 Å². The van der Waals surface area contributed by atoms with Gasteiger partial charge in [0.25, 0.3) is 0 Å². The highest BCUT2D eigenvalue weighted by molar-refractivity contribution is 4.77. The van der Waals surface area contributed by atoms with E-state index >= 15 is 0 Å². The lowest BCUT2D eigenvalue weighted by Crippen LogP contribution is -2.40. The summed E-state index contributed by atoms with van der Waals surface area (Å²) in [6, 6.07) is 0.521. The third kappa shape index (κ3) is 5.27. The molecular formula is C16H33NO. The predicted octanol–water partition coefficient (Wildman–Crippen LogP) is 3.85. The van der Waals surface area contributed by atoms with Gasteiger partial charge in [-0.2, -0.15) is 0 Å². The molecule has 1 aliphatic rings. The summed E-state index contributed by atoms with van der Waals surface area (Å²) in [5.41, 5.74) is 0. The molecule has 18 heavy (non-hydrogen) atoms. The molecule has 1 saturated carbocycles. The SMILES string of the molecule is CCNC(COC1CC(C)CC(C)C1)C(C)CC. The van der Waals surface area contributed by atoms with Crippen molar-refractivity contribution in [3.8, 4) is 0 Å². The molecule has 0 bridgehead atoms. The van der Waals surface area contributed by atoms with Crippen molar-refractivity contribution in [2.75, 3.05) is 13.2 Å². The van der Waals surface area contributed by atoms with Crippen molar-refractivity contribution < 1.29 is 4.74 Å². The van der Waals surface area contributed by atoms with Crippen LogP contribution in [0.25, 0.3) is 0 Å². The summed E-state index contributed by atoms with van der Waals surface area (Å²) in [4.78, 5) is 0. The molecule has 1 N–H and O–H groups in total. The Morgan fingerprint density at radius 3 is 2.22 bits per heavy atom. The van der Waals surface area contributed by atoms with Crippen molar-refractivity contribution >= 4 is 0 Å². The van der Waals surface area contributed by atoms with Gasteiger partial charge in [0.05, 0.1) is 12.7 Å². The van der Waals surface area contributed by atoms with Gasteiger partial charge in [-0.1, -0.05) is 41.0 Å². The van der Waals surface area contributed by atoms with Crippen LogP contribution >= 0.6 is 0 Å². The van der Waals surface area contributed by atoms with Crippen molar-refractivity contribution in [2.45, 2.75) is 72.4 Å². The molecule has 0 spiro atoms. The fourth-order valence-electron chi connectivity index (χ4n) is 3.22. The molecule has 0 aromatic heterocycles. The van der Waals surface area contributed by atoms with Crippen molar-refractivity contribution in [3.63, 3.8) is 0 Å². The van der Waals surface area contributed by atoms with Gasteiger partial charge in [0.2, 0.25) is 0 Å². The highest BCUT2D eigenvalue weighted by atomic mass is 16.5. The van der Waals surface area contributed by atoms with Gasteiger partial charge in [0, 0.05) is 6.04 Å². The van der Waals surface area contributed by atoms with Gasteiger partial charge >= 0.3 is 0 Å². The minimum atomic E-state index is 0.494. The largest absolute Gasteiger partial charge is 0.377 e. The van der Waals surface area contributed by atoms with Gasteiger partial charge in [-0.25, -0.2) is 0 Å². The summed E-state index contributed by atoms with van der Waals surface area (Å²) in [7, 11) is 0. The first-order valence-corrected chi connectivity index (χ1v) is 7.91. The second kappa shape index (κ2) is 8.16. The van der Waals surface area contributed by atoms with Gasteiger partial charge in [0.1, 0.15) is 0 Å². The van der Waals surface area contributed by atoms with Crippen molar-refractivity contribution in [3.05, 3.63) is 0 Å². The number of hydrogen-bond donors (Lipinski definition) is 1. The van der Waals surface area contributed by atoms with Gasteiger partial charge in [0.15, 0.2) is 0 Å². The van der Waals surface area contributed by atoms with Gasteiger partial charge in [-0.3, -0.25) is 0 Å². The lowest BCUT2D eigenvalue weighted by atomic mass is 9.82. The summed E-state index contributed by atoms with van der Waals surface area (Å²) in [6.45, 7) is 13.4. The van der Waals surface area contributed by atoms with E-state index in [0.29, 0.717) is 18.1 Å². The molecule has 2 nitrogen and oxygen atoms in total. The maximum atomic E-state index is 6.20.